The lowest BCUT2D eigenvalue weighted by Gasteiger charge is -2.28. The van der Waals surface area contributed by atoms with Crippen molar-refractivity contribution in [1.29, 1.82) is 0 Å². The maximum absolute atomic E-state index is 12.9. The summed E-state index contributed by atoms with van der Waals surface area (Å²) in [5.41, 5.74) is 0.675. The first-order chi connectivity index (χ1) is 13.3. The van der Waals surface area contributed by atoms with Gasteiger partial charge >= 0.3 is 0 Å². The number of nitrogens with zero attached hydrogens (tertiary/aromatic N) is 3. The lowest BCUT2D eigenvalue weighted by atomic mass is 10.1. The van der Waals surface area contributed by atoms with E-state index in [0.717, 1.165) is 25.7 Å². The summed E-state index contributed by atoms with van der Waals surface area (Å²) >= 11 is 6.02. The molecule has 6 nitrogen and oxygen atoms in total. The van der Waals surface area contributed by atoms with Crippen LogP contribution < -0.4 is 4.90 Å². The Kier molecular flexibility index (Phi) is 6.60. The van der Waals surface area contributed by atoms with Crippen molar-refractivity contribution in [3.63, 3.8) is 0 Å². The van der Waals surface area contributed by atoms with Crippen LogP contribution in [0, 0.1) is 11.8 Å². The van der Waals surface area contributed by atoms with Crippen LogP contribution in [-0.2, 0) is 14.4 Å². The van der Waals surface area contributed by atoms with Gasteiger partial charge in [-0.05, 0) is 37.0 Å². The number of amides is 3. The zero-order valence-corrected chi connectivity index (χ0v) is 17.3. The Morgan fingerprint density at radius 2 is 1.96 bits per heavy atom. The van der Waals surface area contributed by atoms with Crippen molar-refractivity contribution in [3.05, 3.63) is 29.3 Å². The SMILES string of the molecule is CC(C)CN(CC(=O)N1CC(=O)N(c2cccc(Cl)c2)C1)C(=O)C1CCCC1. The molecule has 1 aliphatic carbocycles. The van der Waals surface area contributed by atoms with Crippen LogP contribution in [0.1, 0.15) is 39.5 Å². The fourth-order valence-electron chi connectivity index (χ4n) is 3.95. The van der Waals surface area contributed by atoms with Gasteiger partial charge in [0.1, 0.15) is 13.2 Å². The number of rotatable bonds is 6. The Labute approximate surface area is 171 Å². The first-order valence-corrected chi connectivity index (χ1v) is 10.4. The minimum atomic E-state index is -0.190. The Bertz CT molecular complexity index is 746. The maximum atomic E-state index is 12.9. The average molecular weight is 406 g/mol. The molecule has 1 heterocycles. The molecule has 1 aliphatic heterocycles. The summed E-state index contributed by atoms with van der Waals surface area (Å²) in [7, 11) is 0. The molecule has 1 saturated carbocycles. The molecule has 0 spiro atoms. The second kappa shape index (κ2) is 8.95. The van der Waals surface area contributed by atoms with Gasteiger partial charge in [0, 0.05) is 23.2 Å². The normalized spacial score (nSPS) is 17.6. The smallest absolute Gasteiger partial charge is 0.248 e. The molecule has 0 unspecified atom stereocenters. The minimum absolute atomic E-state index is 0.0263. The van der Waals surface area contributed by atoms with Gasteiger partial charge in [-0.15, -0.1) is 0 Å². The van der Waals surface area contributed by atoms with Gasteiger partial charge in [0.15, 0.2) is 0 Å². The van der Waals surface area contributed by atoms with Crippen molar-refractivity contribution in [2.45, 2.75) is 39.5 Å². The highest BCUT2D eigenvalue weighted by Crippen LogP contribution is 2.27. The number of carbonyl (C=O) groups excluding carboxylic acids is 3. The van der Waals surface area contributed by atoms with Crippen LogP contribution in [0.4, 0.5) is 5.69 Å². The van der Waals surface area contributed by atoms with Gasteiger partial charge in [-0.3, -0.25) is 19.3 Å². The summed E-state index contributed by atoms with van der Waals surface area (Å²) < 4.78 is 0. The van der Waals surface area contributed by atoms with Crippen molar-refractivity contribution in [2.24, 2.45) is 11.8 Å². The van der Waals surface area contributed by atoms with E-state index in [4.69, 9.17) is 11.6 Å². The summed E-state index contributed by atoms with van der Waals surface area (Å²) in [5, 5.41) is 0.542. The van der Waals surface area contributed by atoms with E-state index in [2.05, 4.69) is 0 Å². The van der Waals surface area contributed by atoms with E-state index in [1.807, 2.05) is 13.8 Å². The number of anilines is 1. The lowest BCUT2D eigenvalue weighted by molar-refractivity contribution is -0.143. The molecule has 0 bridgehead atoms. The second-order valence-electron chi connectivity index (χ2n) is 8.13. The summed E-state index contributed by atoms with van der Waals surface area (Å²) in [6, 6.07) is 7.03. The number of benzene rings is 1. The molecule has 0 atom stereocenters. The highest BCUT2D eigenvalue weighted by Gasteiger charge is 2.34. The molecule has 1 aromatic carbocycles. The molecule has 1 saturated heterocycles. The Hall–Kier alpha value is -2.08. The fourth-order valence-corrected chi connectivity index (χ4v) is 4.14. The molecule has 28 heavy (non-hydrogen) atoms. The van der Waals surface area contributed by atoms with Gasteiger partial charge in [0.2, 0.25) is 17.7 Å². The average Bonchev–Trinajstić information content (AvgIpc) is 3.30. The molecule has 2 aliphatic rings. The van der Waals surface area contributed by atoms with Crippen LogP contribution >= 0.6 is 11.6 Å². The van der Waals surface area contributed by atoms with Crippen molar-refractivity contribution in [1.82, 2.24) is 9.80 Å². The summed E-state index contributed by atoms with van der Waals surface area (Å²) in [6.07, 6.45) is 3.98. The van der Waals surface area contributed by atoms with E-state index in [9.17, 15) is 14.4 Å². The molecule has 0 N–H and O–H groups in total. The number of hydrogen-bond donors (Lipinski definition) is 0. The monoisotopic (exact) mass is 405 g/mol. The van der Waals surface area contributed by atoms with Gasteiger partial charge in [-0.1, -0.05) is 44.4 Å². The van der Waals surface area contributed by atoms with E-state index >= 15 is 0 Å². The van der Waals surface area contributed by atoms with Gasteiger partial charge in [-0.2, -0.15) is 0 Å². The topological polar surface area (TPSA) is 60.9 Å². The lowest BCUT2D eigenvalue weighted by Crippen LogP contribution is -2.45. The Balaban J connectivity index is 1.66. The van der Waals surface area contributed by atoms with Gasteiger partial charge in [0.25, 0.3) is 0 Å². The van der Waals surface area contributed by atoms with Crippen LogP contribution in [0.3, 0.4) is 0 Å². The van der Waals surface area contributed by atoms with Crippen molar-refractivity contribution >= 4 is 35.0 Å². The summed E-state index contributed by atoms with van der Waals surface area (Å²) in [6.45, 7) is 4.88. The molecule has 0 radical (unpaired) electrons. The van der Waals surface area contributed by atoms with Crippen molar-refractivity contribution in [2.75, 3.05) is 31.2 Å². The third kappa shape index (κ3) is 4.85. The fraction of sp³-hybridized carbons (Fsp3) is 0.571. The first-order valence-electron chi connectivity index (χ1n) is 9.97. The van der Waals surface area contributed by atoms with E-state index in [1.54, 1.807) is 34.1 Å². The first kappa shape index (κ1) is 20.6. The van der Waals surface area contributed by atoms with Crippen LogP contribution in [0.25, 0.3) is 0 Å². The molecule has 7 heteroatoms. The van der Waals surface area contributed by atoms with Crippen LogP contribution in [-0.4, -0.2) is 53.8 Å². The summed E-state index contributed by atoms with van der Waals surface area (Å²) in [4.78, 5) is 42.9. The quantitative estimate of drug-likeness (QED) is 0.730. The zero-order valence-electron chi connectivity index (χ0n) is 16.6. The number of carbonyl (C=O) groups is 3. The molecule has 1 aromatic rings. The predicted octanol–water partition coefficient (Wildman–Crippen LogP) is 3.15. The minimum Gasteiger partial charge on any atom is -0.333 e. The molecular weight excluding hydrogens is 378 g/mol. The van der Waals surface area contributed by atoms with Gasteiger partial charge in [-0.25, -0.2) is 0 Å². The van der Waals surface area contributed by atoms with Crippen LogP contribution in [0.2, 0.25) is 5.02 Å². The van der Waals surface area contributed by atoms with Crippen LogP contribution in [0.5, 0.6) is 0 Å². The number of halogens is 1. The van der Waals surface area contributed by atoms with E-state index in [1.165, 1.54) is 4.90 Å². The van der Waals surface area contributed by atoms with Crippen LogP contribution in [0.15, 0.2) is 24.3 Å². The highest BCUT2D eigenvalue weighted by atomic mass is 35.5. The zero-order chi connectivity index (χ0) is 20.3. The third-order valence-electron chi connectivity index (χ3n) is 5.34. The predicted molar refractivity (Wildman–Crippen MR) is 109 cm³/mol. The maximum Gasteiger partial charge on any atom is 0.248 e. The molecule has 152 valence electrons. The summed E-state index contributed by atoms with van der Waals surface area (Å²) in [5.74, 6) is 0.0610. The number of hydrogen-bond acceptors (Lipinski definition) is 3. The molecule has 2 fully saturated rings. The van der Waals surface area contributed by atoms with E-state index in [-0.39, 0.29) is 49.3 Å². The molecule has 3 rings (SSSR count). The van der Waals surface area contributed by atoms with Crippen molar-refractivity contribution < 1.29 is 14.4 Å². The highest BCUT2D eigenvalue weighted by molar-refractivity contribution is 6.31. The van der Waals surface area contributed by atoms with Gasteiger partial charge in [0.05, 0.1) is 6.54 Å². The van der Waals surface area contributed by atoms with Crippen molar-refractivity contribution in [3.8, 4) is 0 Å². The van der Waals surface area contributed by atoms with E-state index < -0.39 is 0 Å². The largest absolute Gasteiger partial charge is 0.333 e. The third-order valence-corrected chi connectivity index (χ3v) is 5.57. The van der Waals surface area contributed by atoms with Gasteiger partial charge < -0.3 is 9.80 Å². The second-order valence-corrected chi connectivity index (χ2v) is 8.57. The Morgan fingerprint density at radius 3 is 2.61 bits per heavy atom. The van der Waals surface area contributed by atoms with E-state index in [0.29, 0.717) is 17.3 Å². The standard InChI is InChI=1S/C21H28ClN3O3/c1-15(2)11-23(21(28)16-6-3-4-7-16)12-19(26)24-13-20(27)25(14-24)18-9-5-8-17(22)10-18/h5,8-10,15-16H,3-4,6-7,11-14H2,1-2H3. The molecule has 3 amide bonds. The Morgan fingerprint density at radius 1 is 1.25 bits per heavy atom. The molecular formula is C21H28ClN3O3. The molecule has 0 aromatic heterocycles.